The summed E-state index contributed by atoms with van der Waals surface area (Å²) in [6.07, 6.45) is -4.89. The van der Waals surface area contributed by atoms with Crippen LogP contribution in [-0.2, 0) is 6.42 Å². The van der Waals surface area contributed by atoms with Crippen LogP contribution in [0.2, 0.25) is 0 Å². The first kappa shape index (κ1) is 12.2. The first-order chi connectivity index (χ1) is 8.49. The third-order valence-electron chi connectivity index (χ3n) is 2.42. The predicted octanol–water partition coefficient (Wildman–Crippen LogP) is 3.80. The minimum absolute atomic E-state index is 0.129. The van der Waals surface area contributed by atoms with Crippen molar-refractivity contribution in [3.05, 3.63) is 42.0 Å². The molecule has 0 saturated heterocycles. The first-order valence-corrected chi connectivity index (χ1v) is 5.14. The van der Waals surface area contributed by atoms with E-state index in [1.807, 2.05) is 6.07 Å². The molecule has 0 aromatic heterocycles. The Labute approximate surface area is 101 Å². The van der Waals surface area contributed by atoms with Crippen molar-refractivity contribution >= 4 is 10.8 Å². The van der Waals surface area contributed by atoms with Crippen molar-refractivity contribution in [3.63, 3.8) is 0 Å². The van der Waals surface area contributed by atoms with Crippen molar-refractivity contribution < 1.29 is 17.9 Å². The summed E-state index contributed by atoms with van der Waals surface area (Å²) in [5, 5.41) is 10.0. The molecule has 0 aliphatic carbocycles. The number of ether oxygens (including phenoxy) is 1. The largest absolute Gasteiger partial charge is 0.573 e. The van der Waals surface area contributed by atoms with Crippen LogP contribution in [0, 0.1) is 11.3 Å². The summed E-state index contributed by atoms with van der Waals surface area (Å²) in [5.41, 5.74) is 0.230. The van der Waals surface area contributed by atoms with E-state index in [-0.39, 0.29) is 17.7 Å². The van der Waals surface area contributed by atoms with E-state index < -0.39 is 6.36 Å². The van der Waals surface area contributed by atoms with Crippen LogP contribution in [0.1, 0.15) is 5.56 Å². The van der Waals surface area contributed by atoms with E-state index in [9.17, 15) is 13.2 Å². The zero-order chi connectivity index (χ0) is 13.2. The molecule has 0 bridgehead atoms. The molecule has 0 radical (unpaired) electrons. The number of halogens is 3. The number of nitrogens with zero attached hydrogens (tertiary/aromatic N) is 1. The van der Waals surface area contributed by atoms with Gasteiger partial charge in [0.05, 0.1) is 12.5 Å². The molecule has 2 rings (SSSR count). The number of fused-ring (bicyclic) bond motifs is 1. The molecule has 0 aliphatic heterocycles. The fourth-order valence-corrected chi connectivity index (χ4v) is 1.71. The topological polar surface area (TPSA) is 33.0 Å². The molecule has 0 atom stereocenters. The molecule has 0 unspecified atom stereocenters. The maximum atomic E-state index is 12.3. The summed E-state index contributed by atoms with van der Waals surface area (Å²) in [4.78, 5) is 0. The van der Waals surface area contributed by atoms with Crippen molar-refractivity contribution in [2.24, 2.45) is 0 Å². The highest BCUT2D eigenvalue weighted by atomic mass is 19.4. The Bertz CT molecular complexity index is 614. The standard InChI is InChI=1S/C13H8F3NO/c14-13(15,16)18-12-8-10-4-2-1-3-9(10)7-11(12)5-6-17/h1-4,7-8H,5H2. The fraction of sp³-hybridized carbons (Fsp3) is 0.154. The molecule has 0 heterocycles. The minimum atomic E-state index is -4.76. The average Bonchev–Trinajstić information content (AvgIpc) is 2.28. The Hall–Kier alpha value is -2.22. The molecule has 0 amide bonds. The molecule has 0 spiro atoms. The Morgan fingerprint density at radius 1 is 1.11 bits per heavy atom. The van der Waals surface area contributed by atoms with E-state index in [0.29, 0.717) is 5.39 Å². The molecule has 0 N–H and O–H groups in total. The molecule has 2 aromatic rings. The van der Waals surface area contributed by atoms with Crippen LogP contribution in [-0.4, -0.2) is 6.36 Å². The number of benzene rings is 2. The van der Waals surface area contributed by atoms with Crippen LogP contribution in [0.25, 0.3) is 10.8 Å². The Morgan fingerprint density at radius 2 is 1.72 bits per heavy atom. The molecule has 0 saturated carbocycles. The van der Waals surface area contributed by atoms with Gasteiger partial charge in [0, 0.05) is 5.56 Å². The highest BCUT2D eigenvalue weighted by Crippen LogP contribution is 2.30. The van der Waals surface area contributed by atoms with Gasteiger partial charge in [0.15, 0.2) is 0 Å². The zero-order valence-corrected chi connectivity index (χ0v) is 9.16. The maximum absolute atomic E-state index is 12.3. The first-order valence-electron chi connectivity index (χ1n) is 5.14. The van der Waals surface area contributed by atoms with Crippen LogP contribution in [0.3, 0.4) is 0 Å². The van der Waals surface area contributed by atoms with E-state index >= 15 is 0 Å². The molecule has 2 nitrogen and oxygen atoms in total. The molecular formula is C13H8F3NO. The fourth-order valence-electron chi connectivity index (χ4n) is 1.71. The minimum Gasteiger partial charge on any atom is -0.405 e. The Morgan fingerprint density at radius 3 is 2.28 bits per heavy atom. The number of hydrogen-bond acceptors (Lipinski definition) is 2. The third-order valence-corrected chi connectivity index (χ3v) is 2.42. The SMILES string of the molecule is N#CCc1cc2ccccc2cc1OC(F)(F)F. The van der Waals surface area contributed by atoms with Gasteiger partial charge in [0.2, 0.25) is 0 Å². The van der Waals surface area contributed by atoms with Gasteiger partial charge < -0.3 is 4.74 Å². The summed E-state index contributed by atoms with van der Waals surface area (Å²) in [6, 6.07) is 11.6. The van der Waals surface area contributed by atoms with Gasteiger partial charge in [0.25, 0.3) is 0 Å². The highest BCUT2D eigenvalue weighted by Gasteiger charge is 2.32. The molecule has 92 valence electrons. The number of rotatable bonds is 2. The summed E-state index contributed by atoms with van der Waals surface area (Å²) in [5.74, 6) is -0.317. The summed E-state index contributed by atoms with van der Waals surface area (Å²) in [7, 11) is 0. The van der Waals surface area contributed by atoms with Crippen molar-refractivity contribution in [3.8, 4) is 11.8 Å². The third kappa shape index (κ3) is 2.72. The lowest BCUT2D eigenvalue weighted by Crippen LogP contribution is -2.18. The normalized spacial score (nSPS) is 11.2. The van der Waals surface area contributed by atoms with E-state index in [1.165, 1.54) is 6.07 Å². The Kier molecular flexibility index (Phi) is 3.11. The predicted molar refractivity (Wildman–Crippen MR) is 59.9 cm³/mol. The van der Waals surface area contributed by atoms with Gasteiger partial charge in [-0.3, -0.25) is 0 Å². The van der Waals surface area contributed by atoms with E-state index in [2.05, 4.69) is 4.74 Å². The Balaban J connectivity index is 2.54. The molecular weight excluding hydrogens is 243 g/mol. The van der Waals surface area contributed by atoms with Crippen molar-refractivity contribution in [1.82, 2.24) is 0 Å². The average molecular weight is 251 g/mol. The van der Waals surface area contributed by atoms with Crippen molar-refractivity contribution in [2.75, 3.05) is 0 Å². The summed E-state index contributed by atoms with van der Waals surface area (Å²) < 4.78 is 40.7. The van der Waals surface area contributed by atoms with Gasteiger partial charge in [0.1, 0.15) is 5.75 Å². The van der Waals surface area contributed by atoms with Crippen molar-refractivity contribution in [2.45, 2.75) is 12.8 Å². The number of hydrogen-bond donors (Lipinski definition) is 0. The molecule has 2 aromatic carbocycles. The summed E-state index contributed by atoms with van der Waals surface area (Å²) in [6.45, 7) is 0. The van der Waals surface area contributed by atoms with E-state index in [0.717, 1.165) is 5.39 Å². The van der Waals surface area contributed by atoms with Gasteiger partial charge in [-0.1, -0.05) is 24.3 Å². The van der Waals surface area contributed by atoms with Gasteiger partial charge in [-0.05, 0) is 22.9 Å². The van der Waals surface area contributed by atoms with Crippen LogP contribution < -0.4 is 4.74 Å². The lowest BCUT2D eigenvalue weighted by Gasteiger charge is -2.13. The lowest BCUT2D eigenvalue weighted by molar-refractivity contribution is -0.274. The second-order valence-corrected chi connectivity index (χ2v) is 3.69. The zero-order valence-electron chi connectivity index (χ0n) is 9.16. The lowest BCUT2D eigenvalue weighted by atomic mass is 10.0. The van der Waals surface area contributed by atoms with Crippen LogP contribution in [0.5, 0.6) is 5.75 Å². The van der Waals surface area contributed by atoms with E-state index in [4.69, 9.17) is 5.26 Å². The van der Waals surface area contributed by atoms with Gasteiger partial charge in [-0.25, -0.2) is 0 Å². The van der Waals surface area contributed by atoms with Crippen LogP contribution in [0.15, 0.2) is 36.4 Å². The number of alkyl halides is 3. The maximum Gasteiger partial charge on any atom is 0.573 e. The monoisotopic (exact) mass is 251 g/mol. The molecule has 0 aliphatic rings. The summed E-state index contributed by atoms with van der Waals surface area (Å²) >= 11 is 0. The molecule has 5 heteroatoms. The second-order valence-electron chi connectivity index (χ2n) is 3.69. The second kappa shape index (κ2) is 4.57. The van der Waals surface area contributed by atoms with Gasteiger partial charge in [-0.15, -0.1) is 13.2 Å². The van der Waals surface area contributed by atoms with E-state index in [1.54, 1.807) is 30.3 Å². The van der Waals surface area contributed by atoms with Crippen LogP contribution >= 0.6 is 0 Å². The van der Waals surface area contributed by atoms with Crippen LogP contribution in [0.4, 0.5) is 13.2 Å². The number of nitriles is 1. The molecule has 18 heavy (non-hydrogen) atoms. The quantitative estimate of drug-likeness (QED) is 0.813. The molecule has 0 fully saturated rings. The van der Waals surface area contributed by atoms with Gasteiger partial charge in [-0.2, -0.15) is 5.26 Å². The smallest absolute Gasteiger partial charge is 0.405 e. The van der Waals surface area contributed by atoms with Gasteiger partial charge >= 0.3 is 6.36 Å². The van der Waals surface area contributed by atoms with Crippen molar-refractivity contribution in [1.29, 1.82) is 5.26 Å². The highest BCUT2D eigenvalue weighted by molar-refractivity contribution is 5.85.